The van der Waals surface area contributed by atoms with E-state index in [1.165, 1.54) is 5.57 Å². The molecule has 1 fully saturated rings. The standard InChI is InChI=1S/C14H21IO4/c1-4-18-12(16)14(15,13(17)19-5-2)8-6-7-11-9-10(11)3/h11H,3-9H2,1-2H3. The maximum atomic E-state index is 12.0. The second-order valence-corrected chi connectivity index (χ2v) is 6.54. The minimum atomic E-state index is -1.21. The number of carbonyl (C=O) groups excluding carboxylic acids is 2. The topological polar surface area (TPSA) is 52.6 Å². The molecule has 0 radical (unpaired) electrons. The molecular weight excluding hydrogens is 359 g/mol. The molecule has 5 heteroatoms. The van der Waals surface area contributed by atoms with E-state index in [-0.39, 0.29) is 13.2 Å². The number of allylic oxidation sites excluding steroid dienone is 1. The van der Waals surface area contributed by atoms with Crippen LogP contribution in [0.15, 0.2) is 12.2 Å². The van der Waals surface area contributed by atoms with Crippen molar-refractivity contribution in [3.05, 3.63) is 12.2 Å². The van der Waals surface area contributed by atoms with Crippen molar-refractivity contribution in [2.45, 2.75) is 43.0 Å². The first-order valence-corrected chi connectivity index (χ1v) is 7.74. The molecule has 0 aromatic heterocycles. The smallest absolute Gasteiger partial charge is 0.333 e. The van der Waals surface area contributed by atoms with Crippen molar-refractivity contribution in [2.24, 2.45) is 5.92 Å². The van der Waals surface area contributed by atoms with Gasteiger partial charge in [0, 0.05) is 0 Å². The normalized spacial score (nSPS) is 18.1. The van der Waals surface area contributed by atoms with Crippen LogP contribution in [0.25, 0.3) is 0 Å². The summed E-state index contributed by atoms with van der Waals surface area (Å²) in [7, 11) is 0. The highest BCUT2D eigenvalue weighted by Crippen LogP contribution is 2.41. The summed E-state index contributed by atoms with van der Waals surface area (Å²) < 4.78 is 8.80. The minimum Gasteiger partial charge on any atom is -0.465 e. The quantitative estimate of drug-likeness (QED) is 0.214. The lowest BCUT2D eigenvalue weighted by molar-refractivity contribution is -0.158. The van der Waals surface area contributed by atoms with Gasteiger partial charge in [0.05, 0.1) is 13.2 Å². The van der Waals surface area contributed by atoms with Crippen molar-refractivity contribution in [1.82, 2.24) is 0 Å². The lowest BCUT2D eigenvalue weighted by atomic mass is 10.0. The Morgan fingerprint density at radius 2 is 1.79 bits per heavy atom. The molecule has 1 saturated carbocycles. The summed E-state index contributed by atoms with van der Waals surface area (Å²) in [4.78, 5) is 24.0. The van der Waals surface area contributed by atoms with Crippen molar-refractivity contribution < 1.29 is 19.1 Å². The maximum absolute atomic E-state index is 12.0. The van der Waals surface area contributed by atoms with Crippen LogP contribution in [0, 0.1) is 5.92 Å². The van der Waals surface area contributed by atoms with Crippen LogP contribution in [0.1, 0.15) is 39.5 Å². The van der Waals surface area contributed by atoms with Crippen LogP contribution in [0.2, 0.25) is 0 Å². The van der Waals surface area contributed by atoms with Gasteiger partial charge in [0.25, 0.3) is 0 Å². The van der Waals surface area contributed by atoms with Crippen molar-refractivity contribution in [2.75, 3.05) is 13.2 Å². The fraction of sp³-hybridized carbons (Fsp3) is 0.714. The Kier molecular flexibility index (Phi) is 6.29. The number of hydrogen-bond acceptors (Lipinski definition) is 4. The first kappa shape index (κ1) is 16.5. The summed E-state index contributed by atoms with van der Waals surface area (Å²) in [5.74, 6) is -0.419. The molecule has 19 heavy (non-hydrogen) atoms. The molecule has 108 valence electrons. The Hall–Kier alpha value is -0.590. The lowest BCUT2D eigenvalue weighted by Gasteiger charge is -2.23. The second-order valence-electron chi connectivity index (χ2n) is 4.69. The molecule has 0 bridgehead atoms. The molecule has 0 aliphatic heterocycles. The van der Waals surface area contributed by atoms with E-state index in [4.69, 9.17) is 9.47 Å². The third kappa shape index (κ3) is 4.47. The molecule has 4 nitrogen and oxygen atoms in total. The summed E-state index contributed by atoms with van der Waals surface area (Å²) in [6.45, 7) is 7.90. The predicted octanol–water partition coefficient (Wildman–Crippen LogP) is 3.03. The largest absolute Gasteiger partial charge is 0.465 e. The molecule has 1 aliphatic carbocycles. The van der Waals surface area contributed by atoms with Crippen LogP contribution in [0.5, 0.6) is 0 Å². The number of carbonyl (C=O) groups is 2. The Morgan fingerprint density at radius 1 is 1.32 bits per heavy atom. The minimum absolute atomic E-state index is 0.266. The Morgan fingerprint density at radius 3 is 2.16 bits per heavy atom. The zero-order valence-electron chi connectivity index (χ0n) is 11.5. The summed E-state index contributed by atoms with van der Waals surface area (Å²) >= 11 is 1.87. The van der Waals surface area contributed by atoms with Gasteiger partial charge < -0.3 is 9.47 Å². The molecule has 0 aromatic rings. The van der Waals surface area contributed by atoms with Crippen LogP contribution >= 0.6 is 22.6 Å². The molecule has 0 N–H and O–H groups in total. The van der Waals surface area contributed by atoms with Crippen LogP contribution in [0.3, 0.4) is 0 Å². The van der Waals surface area contributed by atoms with E-state index in [0.29, 0.717) is 12.3 Å². The van der Waals surface area contributed by atoms with Gasteiger partial charge in [-0.05, 0) is 39.0 Å². The molecule has 1 aliphatic rings. The van der Waals surface area contributed by atoms with Gasteiger partial charge in [0.2, 0.25) is 3.42 Å². The molecule has 1 atom stereocenters. The Labute approximate surface area is 128 Å². The average molecular weight is 380 g/mol. The lowest BCUT2D eigenvalue weighted by Crippen LogP contribution is -2.43. The van der Waals surface area contributed by atoms with Gasteiger partial charge in [0.15, 0.2) is 0 Å². The van der Waals surface area contributed by atoms with E-state index in [0.717, 1.165) is 19.3 Å². The SMILES string of the molecule is C=C1CC1CCCC(I)(C(=O)OCC)C(=O)OCC. The van der Waals surface area contributed by atoms with Gasteiger partial charge in [-0.3, -0.25) is 0 Å². The third-order valence-corrected chi connectivity index (χ3v) is 4.62. The van der Waals surface area contributed by atoms with Crippen LogP contribution in [-0.4, -0.2) is 28.6 Å². The first-order chi connectivity index (χ1) is 8.95. The fourth-order valence-corrected chi connectivity index (χ4v) is 2.63. The molecule has 0 spiro atoms. The highest BCUT2D eigenvalue weighted by atomic mass is 127. The summed E-state index contributed by atoms with van der Waals surface area (Å²) in [5.41, 5.74) is 1.27. The highest BCUT2D eigenvalue weighted by molar-refractivity contribution is 14.1. The Bertz CT molecular complexity index is 346. The number of rotatable bonds is 8. The second kappa shape index (κ2) is 7.26. The molecule has 1 unspecified atom stereocenters. The van der Waals surface area contributed by atoms with Gasteiger partial charge in [-0.2, -0.15) is 0 Å². The maximum Gasteiger partial charge on any atom is 0.333 e. The predicted molar refractivity (Wildman–Crippen MR) is 81.1 cm³/mol. The van der Waals surface area contributed by atoms with Crippen LogP contribution in [-0.2, 0) is 19.1 Å². The molecular formula is C14H21IO4. The third-order valence-electron chi connectivity index (χ3n) is 3.20. The van der Waals surface area contributed by atoms with Gasteiger partial charge in [-0.25, -0.2) is 9.59 Å². The van der Waals surface area contributed by atoms with E-state index in [2.05, 4.69) is 6.58 Å². The average Bonchev–Trinajstić information content (AvgIpc) is 3.05. The number of alkyl halides is 1. The molecule has 1 rings (SSSR count). The fourth-order valence-electron chi connectivity index (χ4n) is 1.93. The first-order valence-electron chi connectivity index (χ1n) is 6.66. The monoisotopic (exact) mass is 380 g/mol. The number of ether oxygens (including phenoxy) is 2. The van der Waals surface area contributed by atoms with Gasteiger partial charge >= 0.3 is 11.9 Å². The van der Waals surface area contributed by atoms with Crippen molar-refractivity contribution in [1.29, 1.82) is 0 Å². The summed E-state index contributed by atoms with van der Waals surface area (Å²) in [6, 6.07) is 0. The van der Waals surface area contributed by atoms with Crippen LogP contribution in [0.4, 0.5) is 0 Å². The van der Waals surface area contributed by atoms with E-state index in [9.17, 15) is 9.59 Å². The van der Waals surface area contributed by atoms with Gasteiger partial charge in [-0.1, -0.05) is 41.2 Å². The highest BCUT2D eigenvalue weighted by Gasteiger charge is 2.46. The van der Waals surface area contributed by atoms with Gasteiger partial charge in [-0.15, -0.1) is 0 Å². The van der Waals surface area contributed by atoms with E-state index >= 15 is 0 Å². The molecule has 0 heterocycles. The number of esters is 2. The van der Waals surface area contributed by atoms with E-state index in [1.54, 1.807) is 13.8 Å². The van der Waals surface area contributed by atoms with Crippen LogP contribution < -0.4 is 0 Å². The zero-order valence-corrected chi connectivity index (χ0v) is 13.7. The molecule has 0 saturated heterocycles. The number of hydrogen-bond donors (Lipinski definition) is 0. The number of halogens is 1. The molecule has 0 amide bonds. The van der Waals surface area contributed by atoms with Crippen molar-refractivity contribution >= 4 is 34.5 Å². The van der Waals surface area contributed by atoms with Crippen molar-refractivity contribution in [3.63, 3.8) is 0 Å². The van der Waals surface area contributed by atoms with E-state index in [1.807, 2.05) is 22.6 Å². The van der Waals surface area contributed by atoms with Gasteiger partial charge in [0.1, 0.15) is 0 Å². The molecule has 0 aromatic carbocycles. The Balaban J connectivity index is 2.58. The van der Waals surface area contributed by atoms with E-state index < -0.39 is 15.4 Å². The summed E-state index contributed by atoms with van der Waals surface area (Å²) in [6.07, 6.45) is 3.30. The zero-order chi connectivity index (χ0) is 14.5. The summed E-state index contributed by atoms with van der Waals surface area (Å²) in [5, 5.41) is 0. The van der Waals surface area contributed by atoms with Crippen molar-refractivity contribution in [3.8, 4) is 0 Å².